The molecule has 3 aromatic rings. The van der Waals surface area contributed by atoms with E-state index in [-0.39, 0.29) is 0 Å². The number of pyridine rings is 1. The Bertz CT molecular complexity index is 812. The number of aryl methyl sites for hydroxylation is 3. The highest BCUT2D eigenvalue weighted by atomic mass is 14.8. The van der Waals surface area contributed by atoms with E-state index in [1.807, 2.05) is 19.3 Å². The minimum atomic E-state index is 0.925. The summed E-state index contributed by atoms with van der Waals surface area (Å²) in [5, 5.41) is 3.04. The predicted octanol–water partition coefficient (Wildman–Crippen LogP) is 5.55. The van der Waals surface area contributed by atoms with Crippen LogP contribution in [0.3, 0.4) is 0 Å². The Kier molecular flexibility index (Phi) is 6.53. The summed E-state index contributed by atoms with van der Waals surface area (Å²) in [5.41, 5.74) is 8.12. The van der Waals surface area contributed by atoms with Crippen molar-refractivity contribution in [2.75, 3.05) is 7.05 Å². The lowest BCUT2D eigenvalue weighted by Crippen LogP contribution is -2.02. The highest BCUT2D eigenvalue weighted by molar-refractivity contribution is 5.68. The number of hydrogen-bond donors (Lipinski definition) is 1. The van der Waals surface area contributed by atoms with Gasteiger partial charge >= 0.3 is 0 Å². The second-order valence-electron chi connectivity index (χ2n) is 6.06. The van der Waals surface area contributed by atoms with E-state index in [1.165, 1.54) is 16.7 Å². The van der Waals surface area contributed by atoms with Gasteiger partial charge in [-0.1, -0.05) is 61.2 Å². The van der Waals surface area contributed by atoms with E-state index in [2.05, 4.69) is 92.2 Å². The maximum Gasteiger partial charge on any atom is 0.0731 e. The minimum Gasteiger partial charge on any atom is -0.388 e. The third kappa shape index (κ3) is 5.05. The van der Waals surface area contributed by atoms with Crippen molar-refractivity contribution in [2.45, 2.75) is 20.8 Å². The molecule has 25 heavy (non-hydrogen) atoms. The first-order valence-electron chi connectivity index (χ1n) is 8.44. The van der Waals surface area contributed by atoms with Crippen molar-refractivity contribution in [3.63, 3.8) is 0 Å². The quantitative estimate of drug-likeness (QED) is 0.681. The van der Waals surface area contributed by atoms with E-state index < -0.39 is 0 Å². The Morgan fingerprint density at radius 3 is 1.84 bits per heavy atom. The van der Waals surface area contributed by atoms with Gasteiger partial charge in [-0.05, 0) is 49.1 Å². The molecule has 0 saturated carbocycles. The molecule has 2 aromatic carbocycles. The molecule has 0 saturated heterocycles. The third-order valence-corrected chi connectivity index (χ3v) is 4.24. The summed E-state index contributed by atoms with van der Waals surface area (Å²) in [7, 11) is 1.87. The Morgan fingerprint density at radius 2 is 1.36 bits per heavy atom. The van der Waals surface area contributed by atoms with Gasteiger partial charge in [0.1, 0.15) is 0 Å². The molecule has 2 heteroatoms. The number of hydrogen-bond acceptors (Lipinski definition) is 2. The molecule has 0 aliphatic rings. The van der Waals surface area contributed by atoms with Gasteiger partial charge in [-0.3, -0.25) is 4.98 Å². The first-order valence-corrected chi connectivity index (χ1v) is 8.44. The number of benzene rings is 2. The summed E-state index contributed by atoms with van der Waals surface area (Å²) in [6.07, 6.45) is 1.82. The molecule has 128 valence electrons. The molecule has 0 atom stereocenters. The smallest absolute Gasteiger partial charge is 0.0731 e. The lowest BCUT2D eigenvalue weighted by Gasteiger charge is -2.07. The zero-order valence-corrected chi connectivity index (χ0v) is 15.5. The molecular weight excluding hydrogens is 304 g/mol. The van der Waals surface area contributed by atoms with Gasteiger partial charge in [0.25, 0.3) is 0 Å². The van der Waals surface area contributed by atoms with Crippen LogP contribution < -0.4 is 5.32 Å². The molecule has 1 N–H and O–H groups in total. The van der Waals surface area contributed by atoms with Crippen LogP contribution in [0.1, 0.15) is 22.3 Å². The fraction of sp³-hybridized carbons (Fsp3) is 0.174. The van der Waals surface area contributed by atoms with Gasteiger partial charge in [0, 0.05) is 24.5 Å². The monoisotopic (exact) mass is 330 g/mol. The van der Waals surface area contributed by atoms with Crippen molar-refractivity contribution in [2.24, 2.45) is 0 Å². The lowest BCUT2D eigenvalue weighted by molar-refractivity contribution is 1.13. The number of rotatable bonds is 3. The molecule has 3 rings (SSSR count). The van der Waals surface area contributed by atoms with Crippen molar-refractivity contribution in [1.82, 2.24) is 10.3 Å². The number of aromatic nitrogens is 1. The number of nitrogens with one attached hydrogen (secondary N) is 1. The summed E-state index contributed by atoms with van der Waals surface area (Å²) in [6.45, 7) is 10.2. The molecule has 0 fully saturated rings. The van der Waals surface area contributed by atoms with Crippen LogP contribution in [0.15, 0.2) is 73.4 Å². The summed E-state index contributed by atoms with van der Waals surface area (Å²) >= 11 is 0. The Morgan fingerprint density at radius 1 is 0.800 bits per heavy atom. The first-order chi connectivity index (χ1) is 12.0. The van der Waals surface area contributed by atoms with Crippen LogP contribution in [-0.2, 0) is 0 Å². The second-order valence-corrected chi connectivity index (χ2v) is 6.06. The van der Waals surface area contributed by atoms with Crippen molar-refractivity contribution in [3.05, 3.63) is 95.7 Å². The number of nitrogens with zero attached hydrogens (tertiary/aromatic N) is 1. The van der Waals surface area contributed by atoms with Gasteiger partial charge in [-0.15, -0.1) is 0 Å². The zero-order chi connectivity index (χ0) is 18.2. The molecule has 0 unspecified atom stereocenters. The fourth-order valence-corrected chi connectivity index (χ4v) is 2.42. The van der Waals surface area contributed by atoms with Gasteiger partial charge in [0.05, 0.1) is 5.69 Å². The average Bonchev–Trinajstić information content (AvgIpc) is 2.65. The standard InChI is InChI=1S/C15H16N2.C8H10/c1-11-5-4-10-17-15(11)14-8-6-13(7-9-14)12(2)16-3;1-7-5-3-4-6-8(7)2/h4-10,16H,2H2,1,3H3;3-6H,1-2H3. The predicted molar refractivity (Wildman–Crippen MR) is 108 cm³/mol. The van der Waals surface area contributed by atoms with Crippen LogP contribution in [0.2, 0.25) is 0 Å². The molecule has 0 aliphatic heterocycles. The highest BCUT2D eigenvalue weighted by Gasteiger charge is 2.03. The lowest BCUT2D eigenvalue weighted by atomic mass is 10.0. The van der Waals surface area contributed by atoms with Gasteiger partial charge in [0.15, 0.2) is 0 Å². The molecule has 2 nitrogen and oxygen atoms in total. The summed E-state index contributed by atoms with van der Waals surface area (Å²) in [6, 6.07) is 20.7. The normalized spacial score (nSPS) is 9.76. The molecule has 0 amide bonds. The molecule has 0 spiro atoms. The van der Waals surface area contributed by atoms with Crippen molar-refractivity contribution < 1.29 is 0 Å². The molecule has 0 radical (unpaired) electrons. The largest absolute Gasteiger partial charge is 0.388 e. The van der Waals surface area contributed by atoms with Crippen LogP contribution in [0.25, 0.3) is 17.0 Å². The van der Waals surface area contributed by atoms with Crippen molar-refractivity contribution in [3.8, 4) is 11.3 Å². The fourth-order valence-electron chi connectivity index (χ4n) is 2.42. The van der Waals surface area contributed by atoms with E-state index in [0.29, 0.717) is 0 Å². The first kappa shape index (κ1) is 18.5. The summed E-state index contributed by atoms with van der Waals surface area (Å²) < 4.78 is 0. The minimum absolute atomic E-state index is 0.925. The van der Waals surface area contributed by atoms with E-state index >= 15 is 0 Å². The van der Waals surface area contributed by atoms with Crippen LogP contribution in [0.5, 0.6) is 0 Å². The van der Waals surface area contributed by atoms with Gasteiger partial charge < -0.3 is 5.32 Å². The van der Waals surface area contributed by atoms with Crippen molar-refractivity contribution >= 4 is 5.70 Å². The van der Waals surface area contributed by atoms with E-state index in [9.17, 15) is 0 Å². The summed E-state index contributed by atoms with van der Waals surface area (Å²) in [4.78, 5) is 4.41. The molecule has 1 aromatic heterocycles. The van der Waals surface area contributed by atoms with E-state index in [0.717, 1.165) is 22.5 Å². The van der Waals surface area contributed by atoms with Gasteiger partial charge in [-0.2, -0.15) is 0 Å². The molecular formula is C23H26N2. The van der Waals surface area contributed by atoms with Crippen molar-refractivity contribution in [1.29, 1.82) is 0 Å². The topological polar surface area (TPSA) is 24.9 Å². The van der Waals surface area contributed by atoms with Gasteiger partial charge in [0.2, 0.25) is 0 Å². The molecule has 1 heterocycles. The molecule has 0 bridgehead atoms. The highest BCUT2D eigenvalue weighted by Crippen LogP contribution is 2.22. The van der Waals surface area contributed by atoms with E-state index in [4.69, 9.17) is 0 Å². The van der Waals surface area contributed by atoms with Crippen LogP contribution in [-0.4, -0.2) is 12.0 Å². The average molecular weight is 330 g/mol. The van der Waals surface area contributed by atoms with Crippen LogP contribution in [0.4, 0.5) is 0 Å². The maximum atomic E-state index is 4.41. The Balaban J connectivity index is 0.000000236. The molecule has 0 aliphatic carbocycles. The second kappa shape index (κ2) is 8.84. The Labute approximate surface area is 151 Å². The van der Waals surface area contributed by atoms with E-state index in [1.54, 1.807) is 0 Å². The third-order valence-electron chi connectivity index (χ3n) is 4.24. The Hall–Kier alpha value is -2.87. The maximum absolute atomic E-state index is 4.41. The van der Waals surface area contributed by atoms with Gasteiger partial charge in [-0.25, -0.2) is 0 Å². The zero-order valence-electron chi connectivity index (χ0n) is 15.5. The SMILES string of the molecule is C=C(NC)c1ccc(-c2ncccc2C)cc1.Cc1ccccc1C. The summed E-state index contributed by atoms with van der Waals surface area (Å²) in [5.74, 6) is 0. The van der Waals surface area contributed by atoms with Crippen LogP contribution >= 0.6 is 0 Å². The van der Waals surface area contributed by atoms with Crippen LogP contribution in [0, 0.1) is 20.8 Å².